The van der Waals surface area contributed by atoms with Crippen LogP contribution in [0.4, 0.5) is 11.9 Å². The summed E-state index contributed by atoms with van der Waals surface area (Å²) in [5, 5.41) is 19.3. The van der Waals surface area contributed by atoms with Crippen LogP contribution < -0.4 is 10.9 Å². The predicted molar refractivity (Wildman–Crippen MR) is 114 cm³/mol. The molecule has 2 unspecified atom stereocenters. The number of rotatable bonds is 7. The van der Waals surface area contributed by atoms with Crippen LogP contribution in [0, 0.1) is 11.8 Å². The second kappa shape index (κ2) is 9.04. The highest BCUT2D eigenvalue weighted by molar-refractivity contribution is 6.63. The van der Waals surface area contributed by atoms with Crippen LogP contribution in [0.25, 0.3) is 0 Å². The van der Waals surface area contributed by atoms with Gasteiger partial charge in [-0.05, 0) is 0 Å². The Bertz CT molecular complexity index is 1100. The van der Waals surface area contributed by atoms with Gasteiger partial charge < -0.3 is 18.9 Å². The number of carbonyl (C=O) groups is 4. The topological polar surface area (TPSA) is 237 Å². The Morgan fingerprint density at radius 3 is 1.33 bits per heavy atom. The lowest BCUT2D eigenvalue weighted by molar-refractivity contribution is -0.280. The zero-order chi connectivity index (χ0) is 26.1. The van der Waals surface area contributed by atoms with Crippen LogP contribution in [0.1, 0.15) is 27.7 Å². The smallest absolute Gasteiger partial charge is 0.369 e. The number of aromatic amines is 2. The number of hydrogen-bond donors (Lipinski definition) is 4. The Hall–Kier alpha value is -4.90. The lowest BCUT2D eigenvalue weighted by Crippen LogP contribution is -2.59. The number of H-pyrrole nitrogens is 2. The van der Waals surface area contributed by atoms with Gasteiger partial charge >= 0.3 is 23.9 Å². The minimum atomic E-state index is -1.82. The molecule has 36 heavy (non-hydrogen) atoms. The molecule has 2 atom stereocenters. The first kappa shape index (κ1) is 24.2. The monoisotopic (exact) mass is 504 g/mol. The Kier molecular flexibility index (Phi) is 6.08. The number of nitrogens with one attached hydrogen (secondary N) is 4. The van der Waals surface area contributed by atoms with Crippen molar-refractivity contribution in [3.63, 3.8) is 0 Å². The maximum atomic E-state index is 12.5. The fourth-order valence-corrected chi connectivity index (χ4v) is 3.34. The maximum Gasteiger partial charge on any atom is 0.369 e. The zero-order valence-electron chi connectivity index (χ0n) is 19.3. The third-order valence-electron chi connectivity index (χ3n) is 5.74. The molecule has 0 aliphatic carbocycles. The van der Waals surface area contributed by atoms with E-state index in [2.05, 4.69) is 51.4 Å². The fraction of sp³-hybridized carbons (Fsp3) is 0.444. The van der Waals surface area contributed by atoms with E-state index in [1.807, 2.05) is 0 Å². The van der Waals surface area contributed by atoms with Crippen molar-refractivity contribution < 1.29 is 38.1 Å². The van der Waals surface area contributed by atoms with E-state index in [9.17, 15) is 19.2 Å². The van der Waals surface area contributed by atoms with Gasteiger partial charge in [0.05, 0.1) is 0 Å². The summed E-state index contributed by atoms with van der Waals surface area (Å²) in [4.78, 5) is 57.6. The normalized spacial score (nSPS) is 25.7. The lowest BCUT2D eigenvalue weighted by Gasteiger charge is -2.45. The number of anilines is 2. The van der Waals surface area contributed by atoms with E-state index in [1.54, 1.807) is 13.8 Å². The molecule has 0 bridgehead atoms. The van der Waals surface area contributed by atoms with Crippen LogP contribution >= 0.6 is 0 Å². The largest absolute Gasteiger partial charge is 0.417 e. The van der Waals surface area contributed by atoms with Crippen LogP contribution in [0.15, 0.2) is 22.9 Å². The Balaban J connectivity index is 1.46. The van der Waals surface area contributed by atoms with E-state index in [-0.39, 0.29) is 11.9 Å². The van der Waals surface area contributed by atoms with Crippen molar-refractivity contribution in [1.29, 1.82) is 0 Å². The van der Waals surface area contributed by atoms with Crippen LogP contribution in [-0.2, 0) is 38.1 Å². The van der Waals surface area contributed by atoms with Gasteiger partial charge in [0.15, 0.2) is 0 Å². The summed E-state index contributed by atoms with van der Waals surface area (Å²) in [6, 6.07) is 0. The highest BCUT2D eigenvalue weighted by Crippen LogP contribution is 2.40. The van der Waals surface area contributed by atoms with Crippen molar-refractivity contribution in [2.75, 3.05) is 10.9 Å². The molecule has 2 aliphatic rings. The van der Waals surface area contributed by atoms with E-state index < -0.39 is 58.7 Å². The maximum absolute atomic E-state index is 12.5. The number of esters is 4. The molecule has 0 radical (unpaired) electrons. The molecule has 0 saturated carbocycles. The molecule has 18 heteroatoms. The number of ether oxygens (including phenoxy) is 4. The third-order valence-corrected chi connectivity index (χ3v) is 5.74. The highest BCUT2D eigenvalue weighted by atomic mass is 16.8. The number of carbonyl (C=O) groups excluding carboxylic acids is 4. The molecular weight excluding hydrogens is 484 g/mol. The number of hydrazone groups is 2. The van der Waals surface area contributed by atoms with E-state index in [1.165, 1.54) is 26.5 Å². The van der Waals surface area contributed by atoms with Gasteiger partial charge in [0.2, 0.25) is 11.9 Å². The van der Waals surface area contributed by atoms with Gasteiger partial charge in [-0.2, -0.15) is 30.4 Å². The quantitative estimate of drug-likeness (QED) is 0.263. The highest BCUT2D eigenvalue weighted by Gasteiger charge is 2.56. The summed E-state index contributed by atoms with van der Waals surface area (Å²) < 4.78 is 21.5. The summed E-state index contributed by atoms with van der Waals surface area (Å²) in [7, 11) is 0. The summed E-state index contributed by atoms with van der Waals surface area (Å²) in [5.41, 5.74) is 3.36. The van der Waals surface area contributed by atoms with Crippen LogP contribution in [0.3, 0.4) is 0 Å². The van der Waals surface area contributed by atoms with Gasteiger partial charge in [-0.3, -0.25) is 0 Å². The van der Waals surface area contributed by atoms with E-state index in [0.717, 1.165) is 0 Å². The fourth-order valence-electron chi connectivity index (χ4n) is 3.34. The van der Waals surface area contributed by atoms with E-state index >= 15 is 0 Å². The molecule has 2 aromatic heterocycles. The van der Waals surface area contributed by atoms with Crippen LogP contribution in [0.5, 0.6) is 0 Å². The standard InChI is InChI=1S/C18H20N10O8/c1-7(17(3)33-11(29)9(12(30)34-17)23-27-15-19-5-21-25-15)8(2)18(4)35-13(31)10(14(32)36-18)24-28-16-20-6-22-26-16/h5-8H,1-4H3,(H2,19,21,25,27)(H2,20,22,26,28). The minimum absolute atomic E-state index is 0.0752. The number of cyclic esters (lactones) is 4. The van der Waals surface area contributed by atoms with Gasteiger partial charge in [0.25, 0.3) is 23.0 Å². The first-order valence-corrected chi connectivity index (χ1v) is 10.3. The van der Waals surface area contributed by atoms with Gasteiger partial charge in [0.1, 0.15) is 12.7 Å². The van der Waals surface area contributed by atoms with E-state index in [4.69, 9.17) is 18.9 Å². The number of hydrogen-bond acceptors (Lipinski definition) is 16. The van der Waals surface area contributed by atoms with Crippen molar-refractivity contribution in [2.24, 2.45) is 22.0 Å². The molecule has 2 aliphatic heterocycles. The molecule has 4 N–H and O–H groups in total. The van der Waals surface area contributed by atoms with Crippen molar-refractivity contribution in [2.45, 2.75) is 39.3 Å². The Morgan fingerprint density at radius 1 is 0.722 bits per heavy atom. The van der Waals surface area contributed by atoms with Crippen molar-refractivity contribution in [3.8, 4) is 0 Å². The summed E-state index contributed by atoms with van der Waals surface area (Å²) in [5.74, 6) is -9.46. The minimum Gasteiger partial charge on any atom is -0.417 e. The third kappa shape index (κ3) is 4.55. The Morgan fingerprint density at radius 2 is 1.06 bits per heavy atom. The van der Waals surface area contributed by atoms with Gasteiger partial charge in [-0.25, -0.2) is 40.2 Å². The lowest BCUT2D eigenvalue weighted by atomic mass is 9.82. The van der Waals surface area contributed by atoms with Crippen LogP contribution in [0.2, 0.25) is 0 Å². The molecule has 2 fully saturated rings. The second-order valence-corrected chi connectivity index (χ2v) is 7.98. The molecule has 0 spiro atoms. The SMILES string of the molecule is CC(C(C)C1(C)OC(=O)C(=NNc2ncn[nH]2)C(=O)O1)C1(C)OC(=O)C(=NNc2ncn[nH]2)C(=O)O1. The van der Waals surface area contributed by atoms with E-state index in [0.29, 0.717) is 0 Å². The summed E-state index contributed by atoms with van der Waals surface area (Å²) in [6.45, 7) is 5.80. The molecular formula is C18H20N10O8. The zero-order valence-corrected chi connectivity index (χ0v) is 19.3. The van der Waals surface area contributed by atoms with Gasteiger partial charge in [-0.15, -0.1) is 0 Å². The van der Waals surface area contributed by atoms with Crippen LogP contribution in [-0.4, -0.2) is 77.2 Å². The van der Waals surface area contributed by atoms with Gasteiger partial charge in [0, 0.05) is 25.7 Å². The van der Waals surface area contributed by atoms with Crippen molar-refractivity contribution in [3.05, 3.63) is 12.7 Å². The first-order valence-electron chi connectivity index (χ1n) is 10.3. The molecule has 4 rings (SSSR count). The molecule has 190 valence electrons. The molecule has 2 saturated heterocycles. The average Bonchev–Trinajstić information content (AvgIpc) is 3.51. The molecule has 0 aromatic carbocycles. The number of aromatic nitrogens is 6. The van der Waals surface area contributed by atoms with Gasteiger partial charge in [-0.1, -0.05) is 13.8 Å². The molecule has 18 nitrogen and oxygen atoms in total. The summed E-state index contributed by atoms with van der Waals surface area (Å²) in [6.07, 6.45) is 2.38. The molecule has 0 amide bonds. The van der Waals surface area contributed by atoms with Crippen molar-refractivity contribution in [1.82, 2.24) is 30.4 Å². The first-order chi connectivity index (χ1) is 17.0. The molecule has 4 heterocycles. The predicted octanol–water partition coefficient (Wildman–Crippen LogP) is -0.937. The second-order valence-electron chi connectivity index (χ2n) is 7.98. The Labute approximate surface area is 201 Å². The van der Waals surface area contributed by atoms with Crippen molar-refractivity contribution >= 4 is 47.2 Å². The average molecular weight is 504 g/mol. The number of nitrogens with zero attached hydrogens (tertiary/aromatic N) is 6. The summed E-state index contributed by atoms with van der Waals surface area (Å²) >= 11 is 0. The molecule has 2 aromatic rings.